The van der Waals surface area contributed by atoms with E-state index in [1.807, 2.05) is 19.1 Å². The SMILES string of the molecule is Cc1ccnc(CN2CCc3c(cc(Cn4ccn(C)c4=N)cc3-c3cn(C)nc3C(F)(F)F)C2=O)c1. The number of rotatable bonds is 5. The van der Waals surface area contributed by atoms with E-state index in [9.17, 15) is 18.0 Å². The molecule has 0 radical (unpaired) electrons. The van der Waals surface area contributed by atoms with Crippen molar-refractivity contribution in [1.29, 1.82) is 5.41 Å². The van der Waals surface area contributed by atoms with Gasteiger partial charge in [-0.3, -0.25) is 19.9 Å². The van der Waals surface area contributed by atoms with Crippen molar-refractivity contribution in [3.63, 3.8) is 0 Å². The molecule has 192 valence electrons. The predicted octanol–water partition coefficient (Wildman–Crippen LogP) is 3.68. The van der Waals surface area contributed by atoms with Crippen molar-refractivity contribution in [3.05, 3.63) is 88.3 Å². The lowest BCUT2D eigenvalue weighted by Crippen LogP contribution is -2.37. The van der Waals surface area contributed by atoms with Crippen molar-refractivity contribution in [1.82, 2.24) is 28.8 Å². The first kappa shape index (κ1) is 24.5. The molecule has 5 rings (SSSR count). The minimum absolute atomic E-state index is 0.0566. The Hall–Kier alpha value is -4.15. The molecule has 1 aliphatic heterocycles. The van der Waals surface area contributed by atoms with Gasteiger partial charge in [0, 0.05) is 56.6 Å². The maximum Gasteiger partial charge on any atom is 0.435 e. The summed E-state index contributed by atoms with van der Waals surface area (Å²) in [5.74, 6) is -0.255. The zero-order valence-corrected chi connectivity index (χ0v) is 20.7. The lowest BCUT2D eigenvalue weighted by atomic mass is 9.88. The average Bonchev–Trinajstić information content (AvgIpc) is 3.38. The maximum atomic E-state index is 13.9. The summed E-state index contributed by atoms with van der Waals surface area (Å²) in [4.78, 5) is 19.7. The molecule has 0 aliphatic carbocycles. The van der Waals surface area contributed by atoms with Crippen LogP contribution >= 0.6 is 0 Å². The highest BCUT2D eigenvalue weighted by molar-refractivity contribution is 5.99. The number of benzene rings is 1. The number of hydrogen-bond acceptors (Lipinski definition) is 4. The van der Waals surface area contributed by atoms with Crippen LogP contribution in [0.15, 0.2) is 49.1 Å². The van der Waals surface area contributed by atoms with E-state index in [1.54, 1.807) is 51.8 Å². The smallest absolute Gasteiger partial charge is 0.332 e. The van der Waals surface area contributed by atoms with Gasteiger partial charge in [0.2, 0.25) is 5.62 Å². The molecule has 1 amide bonds. The Kier molecular flexibility index (Phi) is 6.01. The van der Waals surface area contributed by atoms with Crippen molar-refractivity contribution >= 4 is 5.91 Å². The van der Waals surface area contributed by atoms with E-state index in [-0.39, 0.29) is 23.6 Å². The van der Waals surface area contributed by atoms with Crippen LogP contribution in [0.25, 0.3) is 11.1 Å². The fraction of sp³-hybridized carbons (Fsp3) is 0.308. The number of alkyl halides is 3. The Morgan fingerprint density at radius 2 is 1.81 bits per heavy atom. The number of pyridine rings is 1. The summed E-state index contributed by atoms with van der Waals surface area (Å²) in [6, 6.07) is 7.22. The van der Waals surface area contributed by atoms with Gasteiger partial charge in [0.25, 0.3) is 5.91 Å². The average molecular weight is 510 g/mol. The minimum atomic E-state index is -4.65. The number of imidazole rings is 1. The monoisotopic (exact) mass is 509 g/mol. The van der Waals surface area contributed by atoms with Crippen molar-refractivity contribution in [2.45, 2.75) is 32.6 Å². The number of carbonyl (C=O) groups excluding carboxylic acids is 1. The molecular formula is C26H26F3N7O. The highest BCUT2D eigenvalue weighted by Crippen LogP contribution is 2.40. The first-order chi connectivity index (χ1) is 17.5. The van der Waals surface area contributed by atoms with Gasteiger partial charge in [-0.15, -0.1) is 0 Å². The number of hydrogen-bond donors (Lipinski definition) is 1. The number of fused-ring (bicyclic) bond motifs is 1. The zero-order valence-electron chi connectivity index (χ0n) is 20.7. The Balaban J connectivity index is 1.63. The number of nitrogens with one attached hydrogen (secondary N) is 1. The van der Waals surface area contributed by atoms with Gasteiger partial charge in [0.15, 0.2) is 5.69 Å². The van der Waals surface area contributed by atoms with Gasteiger partial charge < -0.3 is 14.0 Å². The molecule has 37 heavy (non-hydrogen) atoms. The molecule has 1 aromatic carbocycles. The molecule has 1 aliphatic rings. The Labute approximate surface area is 211 Å². The second kappa shape index (κ2) is 9.06. The molecule has 4 heterocycles. The summed E-state index contributed by atoms with van der Waals surface area (Å²) in [5, 5.41) is 11.9. The lowest BCUT2D eigenvalue weighted by molar-refractivity contribution is -0.140. The highest BCUT2D eigenvalue weighted by atomic mass is 19.4. The van der Waals surface area contributed by atoms with E-state index in [1.165, 1.54) is 13.2 Å². The van der Waals surface area contributed by atoms with Gasteiger partial charge in [-0.1, -0.05) is 0 Å². The van der Waals surface area contributed by atoms with Crippen LogP contribution in [0.3, 0.4) is 0 Å². The fourth-order valence-electron chi connectivity index (χ4n) is 4.82. The predicted molar refractivity (Wildman–Crippen MR) is 129 cm³/mol. The second-order valence-corrected chi connectivity index (χ2v) is 9.39. The van der Waals surface area contributed by atoms with E-state index in [0.717, 1.165) is 15.9 Å². The first-order valence-electron chi connectivity index (χ1n) is 11.8. The molecule has 0 spiro atoms. The lowest BCUT2D eigenvalue weighted by Gasteiger charge is -2.30. The third kappa shape index (κ3) is 4.68. The maximum absolute atomic E-state index is 13.9. The number of carbonyl (C=O) groups is 1. The third-order valence-corrected chi connectivity index (χ3v) is 6.60. The number of amides is 1. The molecule has 0 unspecified atom stereocenters. The van der Waals surface area contributed by atoms with Crippen LogP contribution in [0.2, 0.25) is 0 Å². The van der Waals surface area contributed by atoms with Crippen LogP contribution in [-0.2, 0) is 39.8 Å². The van der Waals surface area contributed by atoms with Crippen molar-refractivity contribution < 1.29 is 18.0 Å². The number of aryl methyl sites for hydroxylation is 3. The fourth-order valence-corrected chi connectivity index (χ4v) is 4.82. The molecular weight excluding hydrogens is 483 g/mol. The Morgan fingerprint density at radius 1 is 1.05 bits per heavy atom. The summed E-state index contributed by atoms with van der Waals surface area (Å²) >= 11 is 0. The molecule has 11 heteroatoms. The Morgan fingerprint density at radius 3 is 2.49 bits per heavy atom. The van der Waals surface area contributed by atoms with E-state index < -0.39 is 11.9 Å². The standard InChI is InChI=1S/C26H26F3N7O/c1-16-4-6-31-18(10-16)14-35-7-5-19-20(22-15-34(3)32-23(22)26(27,28)29)11-17(12-21(19)24(35)37)13-36-9-8-33(2)25(36)30/h4,6,8-12,15,30H,5,7,13-14H2,1-3H3. The zero-order chi connectivity index (χ0) is 26.5. The van der Waals surface area contributed by atoms with E-state index in [4.69, 9.17) is 5.41 Å². The molecule has 0 atom stereocenters. The van der Waals surface area contributed by atoms with Crippen LogP contribution in [0.1, 0.15) is 38.4 Å². The van der Waals surface area contributed by atoms with Crippen LogP contribution < -0.4 is 5.62 Å². The summed E-state index contributed by atoms with van der Waals surface area (Å²) in [7, 11) is 3.19. The topological polar surface area (TPSA) is 84.7 Å². The normalized spacial score (nSPS) is 13.8. The van der Waals surface area contributed by atoms with Gasteiger partial charge in [0.05, 0.1) is 18.8 Å². The van der Waals surface area contributed by atoms with Gasteiger partial charge in [-0.05, 0) is 59.9 Å². The van der Waals surface area contributed by atoms with Crippen LogP contribution in [0, 0.1) is 12.3 Å². The summed E-state index contributed by atoms with van der Waals surface area (Å²) in [6.07, 6.45) is 2.25. The van der Waals surface area contributed by atoms with E-state index >= 15 is 0 Å². The minimum Gasteiger partial charge on any atom is -0.332 e. The molecule has 0 fully saturated rings. The third-order valence-electron chi connectivity index (χ3n) is 6.60. The molecule has 0 bridgehead atoms. The van der Waals surface area contributed by atoms with Crippen molar-refractivity contribution in [2.24, 2.45) is 14.1 Å². The van der Waals surface area contributed by atoms with Gasteiger partial charge >= 0.3 is 6.18 Å². The molecule has 0 saturated carbocycles. The summed E-state index contributed by atoms with van der Waals surface area (Å²) in [6.45, 7) is 2.85. The first-order valence-corrected chi connectivity index (χ1v) is 11.8. The quantitative estimate of drug-likeness (QED) is 0.446. The Bertz CT molecular complexity index is 1560. The molecule has 1 N–H and O–H groups in total. The van der Waals surface area contributed by atoms with Crippen LogP contribution in [0.4, 0.5) is 13.2 Å². The molecule has 3 aromatic heterocycles. The van der Waals surface area contributed by atoms with Gasteiger partial charge in [-0.2, -0.15) is 18.3 Å². The van der Waals surface area contributed by atoms with Crippen LogP contribution in [0.5, 0.6) is 0 Å². The highest BCUT2D eigenvalue weighted by Gasteiger charge is 2.39. The van der Waals surface area contributed by atoms with Crippen molar-refractivity contribution in [3.8, 4) is 11.1 Å². The molecule has 8 nitrogen and oxygen atoms in total. The van der Waals surface area contributed by atoms with Gasteiger partial charge in [0.1, 0.15) is 0 Å². The van der Waals surface area contributed by atoms with E-state index in [2.05, 4.69) is 10.1 Å². The van der Waals surface area contributed by atoms with Gasteiger partial charge in [-0.25, -0.2) is 0 Å². The molecule has 4 aromatic rings. The van der Waals surface area contributed by atoms with E-state index in [0.29, 0.717) is 41.8 Å². The van der Waals surface area contributed by atoms with Crippen molar-refractivity contribution in [2.75, 3.05) is 6.54 Å². The second-order valence-electron chi connectivity index (χ2n) is 9.39. The van der Waals surface area contributed by atoms with Crippen LogP contribution in [-0.4, -0.2) is 41.3 Å². The number of aromatic nitrogens is 5. The number of halogens is 3. The summed E-state index contributed by atoms with van der Waals surface area (Å²) < 4.78 is 46.2. The summed E-state index contributed by atoms with van der Waals surface area (Å²) in [5.41, 5.74) is 2.88. The number of nitrogens with zero attached hydrogens (tertiary/aromatic N) is 6. The largest absolute Gasteiger partial charge is 0.435 e. The molecule has 0 saturated heterocycles.